The van der Waals surface area contributed by atoms with Crippen molar-refractivity contribution < 1.29 is 14.7 Å². The Balaban J connectivity index is 1.99. The predicted molar refractivity (Wildman–Crippen MR) is 72.5 cm³/mol. The molecule has 1 amide bonds. The van der Waals surface area contributed by atoms with Gasteiger partial charge in [0.1, 0.15) is 0 Å². The topological polar surface area (TPSA) is 60.9 Å². The van der Waals surface area contributed by atoms with Crippen molar-refractivity contribution in [2.24, 2.45) is 0 Å². The smallest absolute Gasteiger partial charge is 0.304 e. The van der Waals surface area contributed by atoms with Crippen LogP contribution in [0.3, 0.4) is 0 Å². The summed E-state index contributed by atoms with van der Waals surface area (Å²) in [5, 5.41) is 9.19. The number of anilines is 1. The Morgan fingerprint density at radius 2 is 2.05 bits per heavy atom. The Morgan fingerprint density at radius 1 is 1.32 bits per heavy atom. The van der Waals surface area contributed by atoms with Crippen LogP contribution in [-0.2, 0) is 9.59 Å². The van der Waals surface area contributed by atoms with Gasteiger partial charge in [-0.1, -0.05) is 23.7 Å². The minimum Gasteiger partial charge on any atom is -0.481 e. The van der Waals surface area contributed by atoms with Gasteiger partial charge in [-0.2, -0.15) is 0 Å². The standard InChI is InChI=1S/C13H15ClN2O3/c14-10-3-1-2-4-11(10)16-8-7-15(9-12(16)17)6-5-13(18)19/h1-4H,5-9H2,(H,18,19). The second kappa shape index (κ2) is 6.04. The van der Waals surface area contributed by atoms with Crippen molar-refractivity contribution in [3.8, 4) is 0 Å². The quantitative estimate of drug-likeness (QED) is 0.908. The zero-order chi connectivity index (χ0) is 13.8. The van der Waals surface area contributed by atoms with Crippen LogP contribution in [0.2, 0.25) is 5.02 Å². The first-order valence-electron chi connectivity index (χ1n) is 6.07. The van der Waals surface area contributed by atoms with Gasteiger partial charge in [0, 0.05) is 19.6 Å². The molecule has 19 heavy (non-hydrogen) atoms. The second-order valence-electron chi connectivity index (χ2n) is 4.42. The van der Waals surface area contributed by atoms with Crippen LogP contribution in [0.15, 0.2) is 24.3 Å². The molecule has 0 unspecified atom stereocenters. The maximum absolute atomic E-state index is 12.1. The van der Waals surface area contributed by atoms with Crippen molar-refractivity contribution in [1.29, 1.82) is 0 Å². The molecular formula is C13H15ClN2O3. The van der Waals surface area contributed by atoms with E-state index < -0.39 is 5.97 Å². The minimum absolute atomic E-state index is 0.0512. The van der Waals surface area contributed by atoms with E-state index in [1.54, 1.807) is 11.0 Å². The maximum Gasteiger partial charge on any atom is 0.304 e. The van der Waals surface area contributed by atoms with Gasteiger partial charge >= 0.3 is 5.97 Å². The number of para-hydroxylation sites is 1. The van der Waals surface area contributed by atoms with E-state index in [9.17, 15) is 9.59 Å². The third-order valence-electron chi connectivity index (χ3n) is 3.08. The number of piperazine rings is 1. The van der Waals surface area contributed by atoms with Gasteiger partial charge in [-0.25, -0.2) is 0 Å². The summed E-state index contributed by atoms with van der Waals surface area (Å²) in [5.74, 6) is -0.897. The highest BCUT2D eigenvalue weighted by Gasteiger charge is 2.26. The van der Waals surface area contributed by atoms with Crippen molar-refractivity contribution in [2.45, 2.75) is 6.42 Å². The largest absolute Gasteiger partial charge is 0.481 e. The van der Waals surface area contributed by atoms with Crippen molar-refractivity contribution >= 4 is 29.2 Å². The molecule has 1 fully saturated rings. The van der Waals surface area contributed by atoms with Crippen LogP contribution in [0.25, 0.3) is 0 Å². The van der Waals surface area contributed by atoms with E-state index in [4.69, 9.17) is 16.7 Å². The lowest BCUT2D eigenvalue weighted by atomic mass is 10.2. The number of carbonyl (C=O) groups excluding carboxylic acids is 1. The number of benzene rings is 1. The van der Waals surface area contributed by atoms with Crippen LogP contribution in [0, 0.1) is 0 Å². The Hall–Kier alpha value is -1.59. The predicted octanol–water partition coefficient (Wildman–Crippen LogP) is 1.46. The first kappa shape index (κ1) is 13.8. The number of carboxylic acid groups (broad SMARTS) is 1. The zero-order valence-electron chi connectivity index (χ0n) is 10.4. The molecule has 1 aliphatic rings. The summed E-state index contributed by atoms with van der Waals surface area (Å²) < 4.78 is 0. The maximum atomic E-state index is 12.1. The Kier molecular flexibility index (Phi) is 4.39. The van der Waals surface area contributed by atoms with Gasteiger partial charge in [-0.15, -0.1) is 0 Å². The summed E-state index contributed by atoms with van der Waals surface area (Å²) in [6.45, 7) is 1.82. The monoisotopic (exact) mass is 282 g/mol. The fourth-order valence-corrected chi connectivity index (χ4v) is 2.33. The highest BCUT2D eigenvalue weighted by Crippen LogP contribution is 2.26. The summed E-state index contributed by atoms with van der Waals surface area (Å²) >= 11 is 6.08. The molecule has 1 aliphatic heterocycles. The van der Waals surface area contributed by atoms with Crippen LogP contribution in [0.1, 0.15) is 6.42 Å². The van der Waals surface area contributed by atoms with Crippen molar-refractivity contribution in [2.75, 3.05) is 31.1 Å². The molecule has 0 atom stereocenters. The van der Waals surface area contributed by atoms with Gasteiger partial charge in [0.25, 0.3) is 0 Å². The Labute approximate surface area is 116 Å². The Morgan fingerprint density at radius 3 is 2.68 bits per heavy atom. The SMILES string of the molecule is O=C(O)CCN1CCN(c2ccccc2Cl)C(=O)C1. The van der Waals surface area contributed by atoms with Crippen molar-refractivity contribution in [3.63, 3.8) is 0 Å². The lowest BCUT2D eigenvalue weighted by Crippen LogP contribution is -2.51. The number of hydrogen-bond donors (Lipinski definition) is 1. The number of carboxylic acids is 1. The van der Waals surface area contributed by atoms with E-state index in [1.807, 2.05) is 23.1 Å². The second-order valence-corrected chi connectivity index (χ2v) is 4.82. The fraction of sp³-hybridized carbons (Fsp3) is 0.385. The highest BCUT2D eigenvalue weighted by molar-refractivity contribution is 6.33. The van der Waals surface area contributed by atoms with Gasteiger partial charge in [0.15, 0.2) is 0 Å². The zero-order valence-corrected chi connectivity index (χ0v) is 11.1. The number of aliphatic carboxylic acids is 1. The van der Waals surface area contributed by atoms with Crippen LogP contribution in [-0.4, -0.2) is 48.1 Å². The lowest BCUT2D eigenvalue weighted by Gasteiger charge is -2.34. The van der Waals surface area contributed by atoms with E-state index in [-0.39, 0.29) is 18.9 Å². The van der Waals surface area contributed by atoms with Gasteiger partial charge in [-0.05, 0) is 12.1 Å². The summed E-state index contributed by atoms with van der Waals surface area (Å²) in [6, 6.07) is 7.22. The molecule has 1 aromatic carbocycles. The Bertz CT molecular complexity index is 493. The number of amides is 1. The fourth-order valence-electron chi connectivity index (χ4n) is 2.09. The average molecular weight is 283 g/mol. The van der Waals surface area contributed by atoms with Gasteiger partial charge in [-0.3, -0.25) is 14.5 Å². The molecule has 1 heterocycles. The number of carbonyl (C=O) groups is 2. The molecule has 1 N–H and O–H groups in total. The van der Waals surface area contributed by atoms with Crippen molar-refractivity contribution in [3.05, 3.63) is 29.3 Å². The third-order valence-corrected chi connectivity index (χ3v) is 3.40. The lowest BCUT2D eigenvalue weighted by molar-refractivity contribution is -0.137. The number of halogens is 1. The average Bonchev–Trinajstić information content (AvgIpc) is 2.38. The van der Waals surface area contributed by atoms with E-state index >= 15 is 0 Å². The minimum atomic E-state index is -0.846. The molecule has 102 valence electrons. The molecule has 1 saturated heterocycles. The number of hydrogen-bond acceptors (Lipinski definition) is 3. The molecule has 5 nitrogen and oxygen atoms in total. The first-order valence-corrected chi connectivity index (χ1v) is 6.45. The van der Waals surface area contributed by atoms with Crippen molar-refractivity contribution in [1.82, 2.24) is 4.90 Å². The summed E-state index contributed by atoms with van der Waals surface area (Å²) in [6.07, 6.45) is 0.0549. The molecule has 0 aromatic heterocycles. The summed E-state index contributed by atoms with van der Waals surface area (Å²) in [5.41, 5.74) is 0.715. The number of rotatable bonds is 4. The molecule has 0 radical (unpaired) electrons. The van der Waals surface area contributed by atoms with Gasteiger partial charge in [0.05, 0.1) is 23.7 Å². The molecule has 6 heteroatoms. The molecular weight excluding hydrogens is 268 g/mol. The number of nitrogens with zero attached hydrogens (tertiary/aromatic N) is 2. The van der Waals surface area contributed by atoms with E-state index in [1.165, 1.54) is 0 Å². The van der Waals surface area contributed by atoms with Crippen LogP contribution in [0.5, 0.6) is 0 Å². The molecule has 0 bridgehead atoms. The normalized spacial score (nSPS) is 16.7. The van der Waals surface area contributed by atoms with Gasteiger partial charge < -0.3 is 10.0 Å². The summed E-state index contributed by atoms with van der Waals surface area (Å²) in [4.78, 5) is 26.1. The van der Waals surface area contributed by atoms with Crippen LogP contribution in [0.4, 0.5) is 5.69 Å². The molecule has 0 saturated carbocycles. The van der Waals surface area contributed by atoms with E-state index in [2.05, 4.69) is 0 Å². The first-order chi connectivity index (χ1) is 9.08. The molecule has 0 spiro atoms. The molecule has 2 rings (SSSR count). The molecule has 1 aromatic rings. The third kappa shape index (κ3) is 3.45. The van der Waals surface area contributed by atoms with Crippen LogP contribution >= 0.6 is 11.6 Å². The van der Waals surface area contributed by atoms with Crippen LogP contribution < -0.4 is 4.90 Å². The summed E-state index contributed by atoms with van der Waals surface area (Å²) in [7, 11) is 0. The van der Waals surface area contributed by atoms with E-state index in [0.717, 1.165) is 0 Å². The highest BCUT2D eigenvalue weighted by atomic mass is 35.5. The van der Waals surface area contributed by atoms with E-state index in [0.29, 0.717) is 30.3 Å². The van der Waals surface area contributed by atoms with Gasteiger partial charge in [0.2, 0.25) is 5.91 Å². The molecule has 0 aliphatic carbocycles.